The average Bonchev–Trinajstić information content (AvgIpc) is 2.51. The highest BCUT2D eigenvalue weighted by Crippen LogP contribution is 2.26. The summed E-state index contributed by atoms with van der Waals surface area (Å²) in [6.07, 6.45) is 0. The first-order chi connectivity index (χ1) is 10.1. The number of benzene rings is 1. The summed E-state index contributed by atoms with van der Waals surface area (Å²) in [5.74, 6) is -0.882. The molecule has 1 aromatic carbocycles. The van der Waals surface area contributed by atoms with Crippen LogP contribution in [-0.4, -0.2) is 41.3 Å². The van der Waals surface area contributed by atoms with E-state index in [0.717, 1.165) is 10.9 Å². The van der Waals surface area contributed by atoms with E-state index in [1.807, 2.05) is 29.2 Å². The van der Waals surface area contributed by atoms with Crippen molar-refractivity contribution in [2.24, 2.45) is 7.05 Å². The van der Waals surface area contributed by atoms with E-state index in [1.165, 1.54) is 6.07 Å². The normalized spacial score (nSPS) is 18.9. The maximum atomic E-state index is 12.1. The number of nitrogens with one attached hydrogen (secondary N) is 1. The predicted octanol–water partition coefficient (Wildman–Crippen LogP) is 0.401. The smallest absolute Gasteiger partial charge is 0.327 e. The maximum Gasteiger partial charge on any atom is 0.327 e. The number of carboxylic acids is 1. The molecule has 0 radical (unpaired) electrons. The van der Waals surface area contributed by atoms with Crippen molar-refractivity contribution in [3.8, 4) is 0 Å². The molecule has 1 saturated heterocycles. The minimum absolute atomic E-state index is 0.133. The molecular weight excluding hydrogens is 270 g/mol. The monoisotopic (exact) mass is 287 g/mol. The van der Waals surface area contributed by atoms with Crippen molar-refractivity contribution in [1.82, 2.24) is 9.88 Å². The first kappa shape index (κ1) is 13.6. The van der Waals surface area contributed by atoms with Crippen molar-refractivity contribution < 1.29 is 9.90 Å². The number of fused-ring (bicyclic) bond motifs is 1. The third kappa shape index (κ3) is 2.27. The Morgan fingerprint density at radius 2 is 2.14 bits per heavy atom. The minimum atomic E-state index is -0.882. The van der Waals surface area contributed by atoms with Crippen LogP contribution in [0, 0.1) is 0 Å². The number of aliphatic carboxylic acids is 1. The third-order valence-electron chi connectivity index (χ3n) is 3.97. The van der Waals surface area contributed by atoms with E-state index in [-0.39, 0.29) is 5.56 Å². The van der Waals surface area contributed by atoms with Gasteiger partial charge < -0.3 is 19.9 Å². The van der Waals surface area contributed by atoms with Crippen LogP contribution in [0.2, 0.25) is 0 Å². The van der Waals surface area contributed by atoms with Crippen LogP contribution in [0.1, 0.15) is 0 Å². The Hall–Kier alpha value is -2.34. The molecule has 1 aromatic heterocycles. The summed E-state index contributed by atoms with van der Waals surface area (Å²) >= 11 is 0. The summed E-state index contributed by atoms with van der Waals surface area (Å²) < 4.78 is 1.58. The van der Waals surface area contributed by atoms with Gasteiger partial charge in [-0.25, -0.2) is 4.79 Å². The number of carbonyl (C=O) groups is 1. The van der Waals surface area contributed by atoms with E-state index in [0.29, 0.717) is 25.3 Å². The molecule has 6 heteroatoms. The molecule has 0 amide bonds. The van der Waals surface area contributed by atoms with E-state index >= 15 is 0 Å². The first-order valence-electron chi connectivity index (χ1n) is 6.88. The minimum Gasteiger partial charge on any atom is -0.480 e. The molecule has 21 heavy (non-hydrogen) atoms. The number of aromatic nitrogens is 1. The highest BCUT2D eigenvalue weighted by atomic mass is 16.4. The van der Waals surface area contributed by atoms with Gasteiger partial charge in [0.05, 0.1) is 11.2 Å². The number of para-hydroxylation sites is 1. The zero-order valence-corrected chi connectivity index (χ0v) is 11.7. The number of rotatable bonds is 2. The number of nitrogens with zero attached hydrogens (tertiary/aromatic N) is 2. The third-order valence-corrected chi connectivity index (χ3v) is 3.97. The van der Waals surface area contributed by atoms with Crippen molar-refractivity contribution in [2.75, 3.05) is 24.5 Å². The lowest BCUT2D eigenvalue weighted by Crippen LogP contribution is -2.55. The highest BCUT2D eigenvalue weighted by Gasteiger charge is 2.29. The molecule has 3 rings (SSSR count). The molecule has 2 heterocycles. The second-order valence-electron chi connectivity index (χ2n) is 5.20. The van der Waals surface area contributed by atoms with Crippen LogP contribution in [0.3, 0.4) is 0 Å². The Morgan fingerprint density at radius 3 is 2.90 bits per heavy atom. The fraction of sp³-hybridized carbons (Fsp3) is 0.333. The number of pyridine rings is 1. The van der Waals surface area contributed by atoms with Gasteiger partial charge in [0, 0.05) is 38.1 Å². The van der Waals surface area contributed by atoms with E-state index in [1.54, 1.807) is 11.6 Å². The Balaban J connectivity index is 2.22. The molecule has 0 bridgehead atoms. The van der Waals surface area contributed by atoms with Gasteiger partial charge in [0.2, 0.25) is 0 Å². The fourth-order valence-corrected chi connectivity index (χ4v) is 2.84. The van der Waals surface area contributed by atoms with Gasteiger partial charge in [-0.15, -0.1) is 0 Å². The zero-order chi connectivity index (χ0) is 15.0. The Morgan fingerprint density at radius 1 is 1.38 bits per heavy atom. The van der Waals surface area contributed by atoms with E-state index in [4.69, 9.17) is 0 Å². The van der Waals surface area contributed by atoms with Gasteiger partial charge in [0.1, 0.15) is 6.04 Å². The molecule has 2 aromatic rings. The number of hydrogen-bond donors (Lipinski definition) is 2. The highest BCUT2D eigenvalue weighted by molar-refractivity contribution is 5.94. The van der Waals surface area contributed by atoms with Crippen LogP contribution < -0.4 is 15.8 Å². The maximum absolute atomic E-state index is 12.1. The standard InChI is InChI=1S/C15H17N3O3/c1-17-11-5-3-2-4-10(11)12(8-14(17)19)18-7-6-16-9-13(18)15(20)21/h2-5,8,13,16H,6-7,9H2,1H3,(H,20,21). The van der Waals surface area contributed by atoms with Crippen LogP contribution in [0.4, 0.5) is 5.69 Å². The van der Waals surface area contributed by atoms with Gasteiger partial charge in [0.15, 0.2) is 0 Å². The van der Waals surface area contributed by atoms with Crippen LogP contribution in [0.15, 0.2) is 35.1 Å². The largest absolute Gasteiger partial charge is 0.480 e. The summed E-state index contributed by atoms with van der Waals surface area (Å²) in [6.45, 7) is 1.64. The number of carboxylic acid groups (broad SMARTS) is 1. The molecule has 0 saturated carbocycles. The molecule has 2 N–H and O–H groups in total. The average molecular weight is 287 g/mol. The number of anilines is 1. The summed E-state index contributed by atoms with van der Waals surface area (Å²) in [5.41, 5.74) is 1.37. The van der Waals surface area contributed by atoms with Crippen molar-refractivity contribution in [2.45, 2.75) is 6.04 Å². The van der Waals surface area contributed by atoms with Crippen LogP contribution in [-0.2, 0) is 11.8 Å². The molecular formula is C15H17N3O3. The molecule has 6 nitrogen and oxygen atoms in total. The lowest BCUT2D eigenvalue weighted by molar-refractivity contribution is -0.138. The van der Waals surface area contributed by atoms with Gasteiger partial charge >= 0.3 is 5.97 Å². The summed E-state index contributed by atoms with van der Waals surface area (Å²) in [4.78, 5) is 25.4. The Bertz CT molecular complexity index is 753. The van der Waals surface area contributed by atoms with Crippen LogP contribution >= 0.6 is 0 Å². The van der Waals surface area contributed by atoms with Gasteiger partial charge in [-0.3, -0.25) is 4.79 Å². The Kier molecular flexibility index (Phi) is 3.39. The second kappa shape index (κ2) is 5.21. The molecule has 1 aliphatic rings. The Labute approximate surface area is 121 Å². The number of piperazine rings is 1. The molecule has 1 aliphatic heterocycles. The predicted molar refractivity (Wildman–Crippen MR) is 80.8 cm³/mol. The molecule has 1 fully saturated rings. The second-order valence-corrected chi connectivity index (χ2v) is 5.20. The zero-order valence-electron chi connectivity index (χ0n) is 11.7. The van der Waals surface area contributed by atoms with Crippen molar-refractivity contribution >= 4 is 22.6 Å². The summed E-state index contributed by atoms with van der Waals surface area (Å²) in [7, 11) is 1.72. The SMILES string of the molecule is Cn1c(=O)cc(N2CCNCC2C(=O)O)c2ccccc21. The van der Waals surface area contributed by atoms with Crippen molar-refractivity contribution in [1.29, 1.82) is 0 Å². The summed E-state index contributed by atoms with van der Waals surface area (Å²) in [5, 5.41) is 13.4. The number of aryl methyl sites for hydroxylation is 1. The summed E-state index contributed by atoms with van der Waals surface area (Å²) in [6, 6.07) is 8.44. The topological polar surface area (TPSA) is 74.6 Å². The molecule has 0 aliphatic carbocycles. The van der Waals surface area contributed by atoms with Gasteiger partial charge in [0.25, 0.3) is 5.56 Å². The molecule has 1 atom stereocenters. The van der Waals surface area contributed by atoms with Crippen molar-refractivity contribution in [3.63, 3.8) is 0 Å². The first-order valence-corrected chi connectivity index (χ1v) is 6.88. The van der Waals surface area contributed by atoms with E-state index in [9.17, 15) is 14.7 Å². The van der Waals surface area contributed by atoms with Crippen LogP contribution in [0.5, 0.6) is 0 Å². The van der Waals surface area contributed by atoms with E-state index < -0.39 is 12.0 Å². The molecule has 110 valence electrons. The van der Waals surface area contributed by atoms with Crippen LogP contribution in [0.25, 0.3) is 10.9 Å². The molecule has 0 spiro atoms. The lowest BCUT2D eigenvalue weighted by atomic mass is 10.1. The van der Waals surface area contributed by atoms with Gasteiger partial charge in [-0.1, -0.05) is 18.2 Å². The quantitative estimate of drug-likeness (QED) is 0.836. The van der Waals surface area contributed by atoms with Gasteiger partial charge in [-0.2, -0.15) is 0 Å². The van der Waals surface area contributed by atoms with Gasteiger partial charge in [-0.05, 0) is 6.07 Å². The fourth-order valence-electron chi connectivity index (χ4n) is 2.84. The van der Waals surface area contributed by atoms with Crippen molar-refractivity contribution in [3.05, 3.63) is 40.7 Å². The number of hydrogen-bond acceptors (Lipinski definition) is 4. The molecule has 1 unspecified atom stereocenters. The lowest BCUT2D eigenvalue weighted by Gasteiger charge is -2.36. The van der Waals surface area contributed by atoms with E-state index in [2.05, 4.69) is 5.32 Å².